The first-order valence-electron chi connectivity index (χ1n) is 9.88. The zero-order chi connectivity index (χ0) is 21.8. The fraction of sp³-hybridized carbons (Fsp3) is 0.167. The molecule has 0 radical (unpaired) electrons. The molecule has 31 heavy (non-hydrogen) atoms. The zero-order valence-corrected chi connectivity index (χ0v) is 18.8. The number of hydrogen-bond acceptors (Lipinski definition) is 3. The van der Waals surface area contributed by atoms with E-state index >= 15 is 0 Å². The highest BCUT2D eigenvalue weighted by Crippen LogP contribution is 2.39. The van der Waals surface area contributed by atoms with Crippen molar-refractivity contribution in [3.05, 3.63) is 88.4 Å². The van der Waals surface area contributed by atoms with Crippen molar-refractivity contribution in [3.63, 3.8) is 0 Å². The Morgan fingerprint density at radius 3 is 2.39 bits per heavy atom. The molecule has 1 atom stereocenters. The van der Waals surface area contributed by atoms with Gasteiger partial charge in [-0.1, -0.05) is 65.7 Å². The molecule has 0 saturated heterocycles. The Bertz CT molecular complexity index is 1100. The first-order chi connectivity index (χ1) is 15.0. The maximum atomic E-state index is 13.2. The molecule has 0 bridgehead atoms. The Labute approximate surface area is 195 Å². The van der Waals surface area contributed by atoms with Crippen molar-refractivity contribution < 1.29 is 9.59 Å². The van der Waals surface area contributed by atoms with Crippen LogP contribution in [0, 0.1) is 5.92 Å². The van der Waals surface area contributed by atoms with Gasteiger partial charge in [-0.2, -0.15) is 0 Å². The largest absolute Gasteiger partial charge is 0.326 e. The van der Waals surface area contributed by atoms with Crippen LogP contribution in [0.25, 0.3) is 0 Å². The molecule has 0 aromatic heterocycles. The molecule has 1 fully saturated rings. The molecule has 158 valence electrons. The molecule has 1 aliphatic carbocycles. The summed E-state index contributed by atoms with van der Waals surface area (Å²) in [4.78, 5) is 26.2. The van der Waals surface area contributed by atoms with Crippen molar-refractivity contribution in [1.82, 2.24) is 0 Å². The van der Waals surface area contributed by atoms with Crippen molar-refractivity contribution >= 4 is 58.2 Å². The number of thioether (sulfide) groups is 1. The van der Waals surface area contributed by atoms with Crippen molar-refractivity contribution in [2.75, 3.05) is 10.6 Å². The summed E-state index contributed by atoms with van der Waals surface area (Å²) in [5.41, 5.74) is 2.05. The summed E-state index contributed by atoms with van der Waals surface area (Å²) in [6.07, 6.45) is 1.89. The molecular formula is C24H20Cl2N2O2S. The summed E-state index contributed by atoms with van der Waals surface area (Å²) >= 11 is 13.7. The van der Waals surface area contributed by atoms with Crippen LogP contribution < -0.4 is 10.6 Å². The van der Waals surface area contributed by atoms with Gasteiger partial charge in [-0.15, -0.1) is 11.8 Å². The Morgan fingerprint density at radius 1 is 0.903 bits per heavy atom. The van der Waals surface area contributed by atoms with E-state index in [1.54, 1.807) is 18.2 Å². The molecule has 0 aliphatic heterocycles. The Balaban J connectivity index is 1.56. The van der Waals surface area contributed by atoms with Gasteiger partial charge in [0.1, 0.15) is 5.25 Å². The first-order valence-corrected chi connectivity index (χ1v) is 11.5. The van der Waals surface area contributed by atoms with Crippen LogP contribution in [0.2, 0.25) is 10.0 Å². The lowest BCUT2D eigenvalue weighted by atomic mass is 10.1. The van der Waals surface area contributed by atoms with Gasteiger partial charge in [0.15, 0.2) is 0 Å². The molecule has 0 spiro atoms. The lowest BCUT2D eigenvalue weighted by molar-refractivity contribution is -0.117. The summed E-state index contributed by atoms with van der Waals surface area (Å²) < 4.78 is 0. The third-order valence-electron chi connectivity index (χ3n) is 4.85. The predicted octanol–water partition coefficient (Wildman–Crippen LogP) is 6.81. The van der Waals surface area contributed by atoms with Crippen LogP contribution in [-0.4, -0.2) is 11.8 Å². The molecule has 3 aromatic rings. The molecule has 7 heteroatoms. The van der Waals surface area contributed by atoms with E-state index in [9.17, 15) is 9.59 Å². The van der Waals surface area contributed by atoms with Crippen molar-refractivity contribution in [3.8, 4) is 0 Å². The Hall–Kier alpha value is -2.47. The maximum Gasteiger partial charge on any atom is 0.242 e. The van der Waals surface area contributed by atoms with Gasteiger partial charge in [0.2, 0.25) is 11.8 Å². The van der Waals surface area contributed by atoms with Gasteiger partial charge in [-0.3, -0.25) is 9.59 Å². The highest BCUT2D eigenvalue weighted by atomic mass is 35.5. The number of halogens is 2. The van der Waals surface area contributed by atoms with Gasteiger partial charge < -0.3 is 10.6 Å². The van der Waals surface area contributed by atoms with Gasteiger partial charge in [0.25, 0.3) is 0 Å². The van der Waals surface area contributed by atoms with Crippen molar-refractivity contribution in [2.24, 2.45) is 5.92 Å². The first kappa shape index (κ1) is 21.8. The highest BCUT2D eigenvalue weighted by Gasteiger charge is 2.29. The van der Waals surface area contributed by atoms with Gasteiger partial charge in [-0.05, 0) is 48.7 Å². The number of nitrogens with one attached hydrogen (secondary N) is 2. The number of amides is 2. The minimum atomic E-state index is -0.523. The summed E-state index contributed by atoms with van der Waals surface area (Å²) in [5.74, 6) is -0.0375. The minimum absolute atomic E-state index is 0.0510. The van der Waals surface area contributed by atoms with E-state index in [4.69, 9.17) is 23.2 Å². The van der Waals surface area contributed by atoms with E-state index in [-0.39, 0.29) is 17.7 Å². The van der Waals surface area contributed by atoms with Gasteiger partial charge in [0.05, 0.1) is 15.7 Å². The van der Waals surface area contributed by atoms with Crippen LogP contribution in [0.15, 0.2) is 77.7 Å². The second-order valence-corrected chi connectivity index (χ2v) is 9.25. The van der Waals surface area contributed by atoms with E-state index in [0.29, 0.717) is 15.7 Å². The fourth-order valence-corrected chi connectivity index (χ4v) is 4.50. The number of rotatable bonds is 7. The SMILES string of the molecule is O=C(Nc1cccc(SC(C(=O)Nc2cccc(Cl)c2Cl)c2ccccc2)c1)C1CC1. The lowest BCUT2D eigenvalue weighted by Gasteiger charge is -2.18. The van der Waals surface area contributed by atoms with E-state index in [0.717, 1.165) is 29.0 Å². The second-order valence-electron chi connectivity index (χ2n) is 7.29. The predicted molar refractivity (Wildman–Crippen MR) is 128 cm³/mol. The quantitative estimate of drug-likeness (QED) is 0.372. The molecule has 4 nitrogen and oxygen atoms in total. The van der Waals surface area contributed by atoms with E-state index < -0.39 is 5.25 Å². The Morgan fingerprint density at radius 2 is 1.65 bits per heavy atom. The molecule has 1 aliphatic rings. The molecular weight excluding hydrogens is 451 g/mol. The standard InChI is InChI=1S/C24H20Cl2N2O2S/c25-19-10-5-11-20(21(19)26)28-24(30)22(15-6-2-1-3-7-15)31-18-9-4-8-17(14-18)27-23(29)16-12-13-16/h1-11,14,16,22H,12-13H2,(H,27,29)(H,28,30). The molecule has 1 unspecified atom stereocenters. The molecule has 1 saturated carbocycles. The number of benzene rings is 3. The number of anilines is 2. The Kier molecular flexibility index (Phi) is 6.86. The lowest BCUT2D eigenvalue weighted by Crippen LogP contribution is -2.19. The van der Waals surface area contributed by atoms with Gasteiger partial charge in [-0.25, -0.2) is 0 Å². The molecule has 2 amide bonds. The molecule has 3 aromatic carbocycles. The topological polar surface area (TPSA) is 58.2 Å². The van der Waals surface area contributed by atoms with Crippen LogP contribution in [0.3, 0.4) is 0 Å². The average Bonchev–Trinajstić information content (AvgIpc) is 3.62. The molecule has 4 rings (SSSR count). The van der Waals surface area contributed by atoms with Gasteiger partial charge in [0, 0.05) is 16.5 Å². The van der Waals surface area contributed by atoms with Crippen LogP contribution in [0.5, 0.6) is 0 Å². The number of carbonyl (C=O) groups excluding carboxylic acids is 2. The monoisotopic (exact) mass is 470 g/mol. The number of carbonyl (C=O) groups is 2. The second kappa shape index (κ2) is 9.77. The average molecular weight is 471 g/mol. The maximum absolute atomic E-state index is 13.2. The summed E-state index contributed by atoms with van der Waals surface area (Å²) in [6.45, 7) is 0. The van der Waals surface area contributed by atoms with E-state index in [1.807, 2.05) is 54.6 Å². The highest BCUT2D eigenvalue weighted by molar-refractivity contribution is 8.00. The van der Waals surface area contributed by atoms with E-state index in [1.165, 1.54) is 11.8 Å². The van der Waals surface area contributed by atoms with Crippen LogP contribution in [-0.2, 0) is 9.59 Å². The van der Waals surface area contributed by atoms with Crippen molar-refractivity contribution in [2.45, 2.75) is 23.0 Å². The summed E-state index contributed by atoms with van der Waals surface area (Å²) in [7, 11) is 0. The van der Waals surface area contributed by atoms with E-state index in [2.05, 4.69) is 10.6 Å². The minimum Gasteiger partial charge on any atom is -0.326 e. The normalized spacial score (nSPS) is 14.0. The molecule has 0 heterocycles. The van der Waals surface area contributed by atoms with Crippen LogP contribution in [0.1, 0.15) is 23.7 Å². The van der Waals surface area contributed by atoms with Crippen LogP contribution >= 0.6 is 35.0 Å². The fourth-order valence-electron chi connectivity index (χ4n) is 3.07. The third-order valence-corrected chi connectivity index (χ3v) is 6.92. The summed E-state index contributed by atoms with van der Waals surface area (Å²) in [5, 5.41) is 6.01. The smallest absolute Gasteiger partial charge is 0.242 e. The molecule has 2 N–H and O–H groups in total. The van der Waals surface area contributed by atoms with Crippen molar-refractivity contribution in [1.29, 1.82) is 0 Å². The van der Waals surface area contributed by atoms with Crippen LogP contribution in [0.4, 0.5) is 11.4 Å². The number of hydrogen-bond donors (Lipinski definition) is 2. The third kappa shape index (κ3) is 5.62. The summed E-state index contributed by atoms with van der Waals surface area (Å²) in [6, 6.07) is 22.2. The van der Waals surface area contributed by atoms with Gasteiger partial charge >= 0.3 is 0 Å². The zero-order valence-electron chi connectivity index (χ0n) is 16.5.